The highest BCUT2D eigenvalue weighted by atomic mass is 16.2. The lowest BCUT2D eigenvalue weighted by Crippen LogP contribution is -2.45. The van der Waals surface area contributed by atoms with Gasteiger partial charge in [-0.05, 0) is 49.2 Å². The second-order valence-electron chi connectivity index (χ2n) is 8.21. The van der Waals surface area contributed by atoms with Crippen LogP contribution in [0.25, 0.3) is 0 Å². The van der Waals surface area contributed by atoms with E-state index in [1.165, 1.54) is 0 Å². The molecule has 2 aliphatic heterocycles. The molecule has 32 heavy (non-hydrogen) atoms. The molecule has 3 aromatic rings. The Balaban J connectivity index is 1.36. The number of hydrogen-bond acceptors (Lipinski definition) is 4. The fraction of sp³-hybridized carbons (Fsp3) is 0.192. The van der Waals surface area contributed by atoms with Crippen LogP contribution in [0.5, 0.6) is 0 Å². The van der Waals surface area contributed by atoms with E-state index in [4.69, 9.17) is 0 Å². The van der Waals surface area contributed by atoms with Gasteiger partial charge in [0, 0.05) is 17.4 Å². The van der Waals surface area contributed by atoms with Crippen LogP contribution in [0.2, 0.25) is 0 Å². The predicted molar refractivity (Wildman–Crippen MR) is 122 cm³/mol. The Morgan fingerprint density at radius 3 is 2.16 bits per heavy atom. The summed E-state index contributed by atoms with van der Waals surface area (Å²) in [6.45, 7) is 1.84. The molecule has 2 unspecified atom stereocenters. The van der Waals surface area contributed by atoms with Gasteiger partial charge in [0.25, 0.3) is 11.8 Å². The summed E-state index contributed by atoms with van der Waals surface area (Å²) in [6, 6.07) is 24.8. The summed E-state index contributed by atoms with van der Waals surface area (Å²) in [7, 11) is 0. The molecule has 0 aromatic heterocycles. The number of para-hydroxylation sites is 2. The predicted octanol–water partition coefficient (Wildman–Crippen LogP) is 4.07. The number of amides is 3. The number of nitrogens with one attached hydrogen (secondary N) is 1. The molecule has 3 amide bonds. The largest absolute Gasteiger partial charge is 0.348 e. The fourth-order valence-corrected chi connectivity index (χ4v) is 4.70. The Hall–Kier alpha value is -3.93. The first-order chi connectivity index (χ1) is 15.5. The SMILES string of the molecule is CC1CC(NC(=O)CN2C(=O)c3ccccc3C2=O)c2ccccc2N1c1ccccc1. The summed E-state index contributed by atoms with van der Waals surface area (Å²) in [5.41, 5.74) is 3.86. The molecule has 0 spiro atoms. The highest BCUT2D eigenvalue weighted by molar-refractivity contribution is 6.22. The molecule has 2 atom stereocenters. The maximum atomic E-state index is 12.9. The van der Waals surface area contributed by atoms with Gasteiger partial charge in [-0.15, -0.1) is 0 Å². The van der Waals surface area contributed by atoms with Crippen molar-refractivity contribution in [3.05, 3.63) is 95.6 Å². The lowest BCUT2D eigenvalue weighted by atomic mass is 9.91. The van der Waals surface area contributed by atoms with Crippen LogP contribution in [0.15, 0.2) is 78.9 Å². The second kappa shape index (κ2) is 7.96. The van der Waals surface area contributed by atoms with Crippen molar-refractivity contribution in [2.45, 2.75) is 25.4 Å². The molecule has 3 aromatic carbocycles. The number of carbonyl (C=O) groups excluding carboxylic acids is 3. The molecular formula is C26H23N3O3. The summed E-state index contributed by atoms with van der Waals surface area (Å²) < 4.78 is 0. The van der Waals surface area contributed by atoms with E-state index in [-0.39, 0.29) is 24.5 Å². The molecule has 2 aliphatic rings. The van der Waals surface area contributed by atoms with Crippen LogP contribution in [0, 0.1) is 0 Å². The maximum Gasteiger partial charge on any atom is 0.262 e. The van der Waals surface area contributed by atoms with Crippen molar-refractivity contribution in [1.82, 2.24) is 10.2 Å². The summed E-state index contributed by atoms with van der Waals surface area (Å²) in [5, 5.41) is 3.06. The molecule has 160 valence electrons. The highest BCUT2D eigenvalue weighted by Crippen LogP contribution is 2.41. The average Bonchev–Trinajstić information content (AvgIpc) is 3.05. The van der Waals surface area contributed by atoms with Crippen LogP contribution in [-0.2, 0) is 4.79 Å². The van der Waals surface area contributed by atoms with Gasteiger partial charge in [-0.25, -0.2) is 0 Å². The van der Waals surface area contributed by atoms with Gasteiger partial charge in [0.15, 0.2) is 0 Å². The van der Waals surface area contributed by atoms with Gasteiger partial charge in [-0.2, -0.15) is 0 Å². The summed E-state index contributed by atoms with van der Waals surface area (Å²) in [6.07, 6.45) is 0.708. The van der Waals surface area contributed by atoms with Gasteiger partial charge in [0.05, 0.1) is 17.2 Å². The summed E-state index contributed by atoms with van der Waals surface area (Å²) in [5.74, 6) is -1.19. The van der Waals surface area contributed by atoms with E-state index in [1.807, 2.05) is 36.4 Å². The minimum absolute atomic E-state index is 0.150. The lowest BCUT2D eigenvalue weighted by Gasteiger charge is -2.41. The Kier molecular flexibility index (Phi) is 4.98. The topological polar surface area (TPSA) is 69.7 Å². The van der Waals surface area contributed by atoms with Crippen LogP contribution in [0.3, 0.4) is 0 Å². The number of benzene rings is 3. The first-order valence-electron chi connectivity index (χ1n) is 10.7. The maximum absolute atomic E-state index is 12.9. The van der Waals surface area contributed by atoms with Gasteiger partial charge in [0.2, 0.25) is 5.91 Å². The molecule has 0 radical (unpaired) electrons. The minimum Gasteiger partial charge on any atom is -0.348 e. The minimum atomic E-state index is -0.423. The smallest absolute Gasteiger partial charge is 0.262 e. The number of imide groups is 1. The van der Waals surface area contributed by atoms with Crippen molar-refractivity contribution in [3.63, 3.8) is 0 Å². The molecule has 0 bridgehead atoms. The van der Waals surface area contributed by atoms with Crippen LogP contribution in [0.1, 0.15) is 45.7 Å². The average molecular weight is 425 g/mol. The Bertz CT molecular complexity index is 1170. The van der Waals surface area contributed by atoms with Crippen LogP contribution < -0.4 is 10.2 Å². The van der Waals surface area contributed by atoms with Crippen LogP contribution >= 0.6 is 0 Å². The molecule has 0 saturated carbocycles. The molecule has 6 nitrogen and oxygen atoms in total. The van der Waals surface area contributed by atoms with E-state index in [9.17, 15) is 14.4 Å². The van der Waals surface area contributed by atoms with Gasteiger partial charge in [-0.1, -0.05) is 48.5 Å². The number of hydrogen-bond donors (Lipinski definition) is 1. The third kappa shape index (κ3) is 3.34. The van der Waals surface area contributed by atoms with Gasteiger partial charge < -0.3 is 10.2 Å². The Labute approximate surface area is 186 Å². The monoisotopic (exact) mass is 425 g/mol. The van der Waals surface area contributed by atoms with Crippen molar-refractivity contribution in [1.29, 1.82) is 0 Å². The van der Waals surface area contributed by atoms with E-state index >= 15 is 0 Å². The van der Waals surface area contributed by atoms with Crippen LogP contribution in [-0.4, -0.2) is 35.2 Å². The molecule has 0 aliphatic carbocycles. The molecule has 5 rings (SSSR count). The van der Waals surface area contributed by atoms with Gasteiger partial charge in [-0.3, -0.25) is 19.3 Å². The molecule has 6 heteroatoms. The van der Waals surface area contributed by atoms with E-state index in [0.29, 0.717) is 17.5 Å². The number of carbonyl (C=O) groups is 3. The number of nitrogens with zero attached hydrogens (tertiary/aromatic N) is 2. The summed E-state index contributed by atoms with van der Waals surface area (Å²) in [4.78, 5) is 41.4. The quantitative estimate of drug-likeness (QED) is 0.640. The number of fused-ring (bicyclic) bond motifs is 2. The van der Waals surface area contributed by atoms with E-state index in [1.54, 1.807) is 24.3 Å². The zero-order chi connectivity index (χ0) is 22.2. The van der Waals surface area contributed by atoms with E-state index < -0.39 is 11.8 Å². The summed E-state index contributed by atoms with van der Waals surface area (Å²) >= 11 is 0. The first-order valence-corrected chi connectivity index (χ1v) is 10.7. The lowest BCUT2D eigenvalue weighted by molar-refractivity contribution is -0.122. The third-order valence-electron chi connectivity index (χ3n) is 6.14. The van der Waals surface area contributed by atoms with Gasteiger partial charge in [0.1, 0.15) is 6.54 Å². The molecule has 0 saturated heterocycles. The third-order valence-corrected chi connectivity index (χ3v) is 6.14. The molecular weight excluding hydrogens is 402 g/mol. The van der Waals surface area contributed by atoms with Crippen molar-refractivity contribution in [2.75, 3.05) is 11.4 Å². The first kappa shape index (κ1) is 20.0. The molecule has 1 N–H and O–H groups in total. The van der Waals surface area contributed by atoms with Crippen molar-refractivity contribution in [3.8, 4) is 0 Å². The zero-order valence-electron chi connectivity index (χ0n) is 17.7. The highest BCUT2D eigenvalue weighted by Gasteiger charge is 2.37. The zero-order valence-corrected chi connectivity index (χ0v) is 17.7. The van der Waals surface area contributed by atoms with Crippen LogP contribution in [0.4, 0.5) is 11.4 Å². The van der Waals surface area contributed by atoms with Crippen molar-refractivity contribution < 1.29 is 14.4 Å². The van der Waals surface area contributed by atoms with Crippen molar-refractivity contribution in [2.24, 2.45) is 0 Å². The fourth-order valence-electron chi connectivity index (χ4n) is 4.70. The number of anilines is 2. The second-order valence-corrected chi connectivity index (χ2v) is 8.21. The van der Waals surface area contributed by atoms with Crippen molar-refractivity contribution >= 4 is 29.1 Å². The van der Waals surface area contributed by atoms with E-state index in [0.717, 1.165) is 21.8 Å². The Morgan fingerprint density at radius 2 is 1.47 bits per heavy atom. The van der Waals surface area contributed by atoms with E-state index in [2.05, 4.69) is 35.3 Å². The number of rotatable bonds is 4. The van der Waals surface area contributed by atoms with Gasteiger partial charge >= 0.3 is 0 Å². The molecule has 2 heterocycles. The molecule has 0 fully saturated rings. The standard InChI is InChI=1S/C26H23N3O3/c1-17-15-22(21-13-7-8-14-23(21)29(17)18-9-3-2-4-10-18)27-24(30)16-28-25(31)19-11-5-6-12-20(19)26(28)32/h2-14,17,22H,15-16H2,1H3,(H,27,30). The Morgan fingerprint density at radius 1 is 0.875 bits per heavy atom. The normalized spacial score (nSPS) is 19.5.